The zero-order valence-corrected chi connectivity index (χ0v) is 8.73. The van der Waals surface area contributed by atoms with Crippen molar-refractivity contribution in [1.29, 1.82) is 0 Å². The van der Waals surface area contributed by atoms with Crippen LogP contribution in [0.5, 0.6) is 0 Å². The maximum atomic E-state index is 10.9. The van der Waals surface area contributed by atoms with Gasteiger partial charge in [0.25, 0.3) is 0 Å². The summed E-state index contributed by atoms with van der Waals surface area (Å²) in [4.78, 5) is 25.6. The lowest BCUT2D eigenvalue weighted by Crippen LogP contribution is -2.14. The molecule has 1 aromatic rings. The van der Waals surface area contributed by atoms with Gasteiger partial charge in [-0.15, -0.1) is 0 Å². The summed E-state index contributed by atoms with van der Waals surface area (Å²) in [6, 6.07) is 0. The van der Waals surface area contributed by atoms with E-state index in [0.29, 0.717) is 12.1 Å². The number of aryl methyl sites for hydroxylation is 1. The Morgan fingerprint density at radius 3 is 2.44 bits per heavy atom. The Kier molecular flexibility index (Phi) is 3.44. The lowest BCUT2D eigenvalue weighted by Gasteiger charge is -2.09. The molecule has 0 bridgehead atoms. The summed E-state index contributed by atoms with van der Waals surface area (Å²) in [5.41, 5.74) is 5.19. The molecule has 0 radical (unpaired) electrons. The van der Waals surface area contributed by atoms with E-state index in [-0.39, 0.29) is 16.8 Å². The molecule has 1 rings (SSSR count). The molecule has 0 amide bonds. The molecule has 1 aromatic heterocycles. The predicted octanol–water partition coefficient (Wildman–Crippen LogP) is 1.01. The third-order valence-electron chi connectivity index (χ3n) is 2.13. The maximum Gasteiger partial charge on any atom is 0.338 e. The van der Waals surface area contributed by atoms with Gasteiger partial charge in [-0.1, -0.05) is 13.3 Å². The highest BCUT2D eigenvalue weighted by Crippen LogP contribution is 2.21. The van der Waals surface area contributed by atoms with E-state index in [1.807, 2.05) is 6.92 Å². The van der Waals surface area contributed by atoms with E-state index in [9.17, 15) is 9.59 Å². The van der Waals surface area contributed by atoms with Crippen LogP contribution in [0.3, 0.4) is 0 Å². The standard InChI is InChI=1S/C10H12N2O4/c1-2-3-6-8(11)7(10(15)16)5(4-12-6)9(13)14/h4H,2-3,11H2,1H3,(H,13,14)(H,15,16). The number of carbonyl (C=O) groups is 2. The average molecular weight is 224 g/mol. The summed E-state index contributed by atoms with van der Waals surface area (Å²) in [5, 5.41) is 17.7. The van der Waals surface area contributed by atoms with E-state index in [1.54, 1.807) is 0 Å². The third kappa shape index (κ3) is 2.10. The number of aromatic nitrogens is 1. The molecular weight excluding hydrogens is 212 g/mol. The molecular formula is C10H12N2O4. The van der Waals surface area contributed by atoms with Crippen LogP contribution >= 0.6 is 0 Å². The van der Waals surface area contributed by atoms with E-state index in [1.165, 1.54) is 0 Å². The van der Waals surface area contributed by atoms with E-state index in [2.05, 4.69) is 4.98 Å². The summed E-state index contributed by atoms with van der Waals surface area (Å²) in [7, 11) is 0. The minimum absolute atomic E-state index is 0.0609. The molecule has 0 aromatic carbocycles. The van der Waals surface area contributed by atoms with Crippen molar-refractivity contribution in [2.45, 2.75) is 19.8 Å². The Bertz CT molecular complexity index is 443. The Hall–Kier alpha value is -2.11. The minimum atomic E-state index is -1.35. The van der Waals surface area contributed by atoms with Crippen molar-refractivity contribution >= 4 is 17.6 Å². The van der Waals surface area contributed by atoms with Crippen LogP contribution in [0.1, 0.15) is 39.8 Å². The number of nitrogens with zero attached hydrogens (tertiary/aromatic N) is 1. The topological polar surface area (TPSA) is 114 Å². The zero-order chi connectivity index (χ0) is 12.3. The molecule has 0 unspecified atom stereocenters. The van der Waals surface area contributed by atoms with Gasteiger partial charge in [-0.2, -0.15) is 0 Å². The quantitative estimate of drug-likeness (QED) is 0.703. The first kappa shape index (κ1) is 12.0. The van der Waals surface area contributed by atoms with Gasteiger partial charge in [0.1, 0.15) is 5.56 Å². The van der Waals surface area contributed by atoms with Crippen LogP contribution in [0.4, 0.5) is 5.69 Å². The molecule has 0 aliphatic rings. The molecule has 0 saturated heterocycles. The monoisotopic (exact) mass is 224 g/mol. The fraction of sp³-hybridized carbons (Fsp3) is 0.300. The first-order valence-corrected chi connectivity index (χ1v) is 4.73. The highest BCUT2D eigenvalue weighted by molar-refractivity contribution is 6.05. The van der Waals surface area contributed by atoms with Gasteiger partial charge in [0.05, 0.1) is 16.9 Å². The van der Waals surface area contributed by atoms with Crippen molar-refractivity contribution in [3.05, 3.63) is 23.0 Å². The van der Waals surface area contributed by atoms with Gasteiger partial charge in [-0.25, -0.2) is 9.59 Å². The zero-order valence-electron chi connectivity index (χ0n) is 8.73. The van der Waals surface area contributed by atoms with E-state index < -0.39 is 11.9 Å². The van der Waals surface area contributed by atoms with Crippen LogP contribution in [-0.4, -0.2) is 27.1 Å². The summed E-state index contributed by atoms with van der Waals surface area (Å²) in [6.07, 6.45) is 2.31. The smallest absolute Gasteiger partial charge is 0.338 e. The summed E-state index contributed by atoms with van der Waals surface area (Å²) in [6.45, 7) is 1.90. The van der Waals surface area contributed by atoms with Gasteiger partial charge in [-0.05, 0) is 6.42 Å². The highest BCUT2D eigenvalue weighted by atomic mass is 16.4. The second kappa shape index (κ2) is 4.61. The molecule has 86 valence electrons. The van der Waals surface area contributed by atoms with Gasteiger partial charge < -0.3 is 15.9 Å². The molecule has 0 saturated carbocycles. The molecule has 6 heteroatoms. The minimum Gasteiger partial charge on any atom is -0.478 e. The van der Waals surface area contributed by atoms with Crippen molar-refractivity contribution in [2.24, 2.45) is 0 Å². The van der Waals surface area contributed by atoms with Gasteiger partial charge in [0.2, 0.25) is 0 Å². The first-order valence-electron chi connectivity index (χ1n) is 4.73. The van der Waals surface area contributed by atoms with E-state index in [0.717, 1.165) is 12.6 Å². The summed E-state index contributed by atoms with van der Waals surface area (Å²) in [5.74, 6) is -2.70. The Labute approximate surface area is 91.7 Å². The van der Waals surface area contributed by atoms with E-state index >= 15 is 0 Å². The van der Waals surface area contributed by atoms with Gasteiger partial charge >= 0.3 is 11.9 Å². The number of nitrogens with two attached hydrogens (primary N) is 1. The number of carboxylic acids is 2. The maximum absolute atomic E-state index is 10.9. The molecule has 0 atom stereocenters. The average Bonchev–Trinajstić information content (AvgIpc) is 2.20. The highest BCUT2D eigenvalue weighted by Gasteiger charge is 2.21. The largest absolute Gasteiger partial charge is 0.478 e. The van der Waals surface area contributed by atoms with Crippen LogP contribution < -0.4 is 5.73 Å². The number of rotatable bonds is 4. The lowest BCUT2D eigenvalue weighted by atomic mass is 10.0. The third-order valence-corrected chi connectivity index (χ3v) is 2.13. The summed E-state index contributed by atoms with van der Waals surface area (Å²) >= 11 is 0. The van der Waals surface area contributed by atoms with E-state index in [4.69, 9.17) is 15.9 Å². The second-order valence-electron chi connectivity index (χ2n) is 3.27. The molecule has 0 fully saturated rings. The van der Waals surface area contributed by atoms with Gasteiger partial charge in [0.15, 0.2) is 0 Å². The van der Waals surface area contributed by atoms with Crippen molar-refractivity contribution in [2.75, 3.05) is 5.73 Å². The number of hydrogen-bond acceptors (Lipinski definition) is 4. The number of aromatic carboxylic acids is 2. The van der Waals surface area contributed by atoms with Crippen LogP contribution in [0.15, 0.2) is 6.20 Å². The Balaban J connectivity index is 3.41. The Morgan fingerprint density at radius 2 is 2.00 bits per heavy atom. The van der Waals surface area contributed by atoms with Crippen molar-refractivity contribution < 1.29 is 19.8 Å². The van der Waals surface area contributed by atoms with Crippen molar-refractivity contribution in [1.82, 2.24) is 4.98 Å². The number of carboxylic acid groups (broad SMARTS) is 2. The second-order valence-corrected chi connectivity index (χ2v) is 3.27. The lowest BCUT2D eigenvalue weighted by molar-refractivity contribution is 0.0651. The molecule has 0 aliphatic carbocycles. The van der Waals surface area contributed by atoms with Crippen LogP contribution in [0, 0.1) is 0 Å². The molecule has 6 nitrogen and oxygen atoms in total. The molecule has 0 aliphatic heterocycles. The molecule has 0 spiro atoms. The van der Waals surface area contributed by atoms with Crippen LogP contribution in [0.25, 0.3) is 0 Å². The van der Waals surface area contributed by atoms with Crippen LogP contribution in [0.2, 0.25) is 0 Å². The van der Waals surface area contributed by atoms with Gasteiger partial charge in [-0.3, -0.25) is 4.98 Å². The summed E-state index contributed by atoms with van der Waals surface area (Å²) < 4.78 is 0. The van der Waals surface area contributed by atoms with Crippen molar-refractivity contribution in [3.8, 4) is 0 Å². The van der Waals surface area contributed by atoms with Gasteiger partial charge in [0, 0.05) is 6.20 Å². The SMILES string of the molecule is CCCc1ncc(C(=O)O)c(C(=O)O)c1N. The molecule has 16 heavy (non-hydrogen) atoms. The van der Waals surface area contributed by atoms with Crippen LogP contribution in [-0.2, 0) is 6.42 Å². The Morgan fingerprint density at radius 1 is 1.38 bits per heavy atom. The fourth-order valence-corrected chi connectivity index (χ4v) is 1.39. The first-order chi connectivity index (χ1) is 7.49. The molecule has 1 heterocycles. The normalized spacial score (nSPS) is 10.1. The number of nitrogen functional groups attached to an aromatic ring is 1. The predicted molar refractivity (Wildman–Crippen MR) is 56.6 cm³/mol. The number of pyridine rings is 1. The number of anilines is 1. The fourth-order valence-electron chi connectivity index (χ4n) is 1.39. The van der Waals surface area contributed by atoms with Crippen molar-refractivity contribution in [3.63, 3.8) is 0 Å². The molecule has 4 N–H and O–H groups in total. The number of hydrogen-bond donors (Lipinski definition) is 3.